The van der Waals surface area contributed by atoms with Gasteiger partial charge in [0, 0.05) is 25.1 Å². The topological polar surface area (TPSA) is 49.0 Å². The molecule has 1 heterocycles. The Kier molecular flexibility index (Phi) is 4.74. The smallest absolute Gasteiger partial charge is 0.253 e. The van der Waals surface area contributed by atoms with Crippen LogP contribution in [0.25, 0.3) is 11.0 Å². The minimum absolute atomic E-state index is 0.128. The summed E-state index contributed by atoms with van der Waals surface area (Å²) in [6.45, 7) is 0. The number of fused-ring (bicyclic) bond motifs is 1. The fourth-order valence-electron chi connectivity index (χ4n) is 3.93. The number of nitrogens with one attached hydrogen (secondary N) is 1. The molecule has 0 spiro atoms. The van der Waals surface area contributed by atoms with Gasteiger partial charge in [0.2, 0.25) is 0 Å². The molecule has 134 valence electrons. The first-order valence-corrected chi connectivity index (χ1v) is 9.50. The lowest BCUT2D eigenvalue weighted by atomic mass is 9.94. The summed E-state index contributed by atoms with van der Waals surface area (Å²) in [5.41, 5.74) is 3.90. The minimum Gasteiger partial charge on any atom is -0.342 e. The van der Waals surface area contributed by atoms with Crippen LogP contribution in [-0.2, 0) is 6.42 Å². The molecule has 2 aromatic carbocycles. The number of para-hydroxylation sites is 2. The summed E-state index contributed by atoms with van der Waals surface area (Å²) >= 11 is 0. The zero-order valence-electron chi connectivity index (χ0n) is 15.2. The first-order chi connectivity index (χ1) is 12.7. The molecule has 0 unspecified atom stereocenters. The van der Waals surface area contributed by atoms with Crippen molar-refractivity contribution < 1.29 is 4.79 Å². The van der Waals surface area contributed by atoms with Crippen LogP contribution < -0.4 is 0 Å². The molecule has 0 atom stereocenters. The molecule has 1 saturated carbocycles. The number of aromatic amines is 1. The molecule has 0 aliphatic heterocycles. The Bertz CT molecular complexity index is 875. The van der Waals surface area contributed by atoms with Gasteiger partial charge in [-0.3, -0.25) is 4.79 Å². The number of carbonyl (C=O) groups excluding carboxylic acids is 1. The van der Waals surface area contributed by atoms with Crippen LogP contribution in [0.2, 0.25) is 0 Å². The molecule has 4 nitrogen and oxygen atoms in total. The minimum atomic E-state index is 0.128. The van der Waals surface area contributed by atoms with E-state index in [0.717, 1.165) is 40.8 Å². The Balaban J connectivity index is 1.51. The third kappa shape index (κ3) is 3.50. The molecule has 4 rings (SSSR count). The number of H-pyrrole nitrogens is 1. The van der Waals surface area contributed by atoms with Crippen LogP contribution in [0.5, 0.6) is 0 Å². The first kappa shape index (κ1) is 16.8. The van der Waals surface area contributed by atoms with Crippen LogP contribution in [-0.4, -0.2) is 33.9 Å². The number of hydrogen-bond acceptors (Lipinski definition) is 2. The molecule has 26 heavy (non-hydrogen) atoms. The number of aromatic nitrogens is 2. The largest absolute Gasteiger partial charge is 0.342 e. The summed E-state index contributed by atoms with van der Waals surface area (Å²) in [4.78, 5) is 22.8. The van der Waals surface area contributed by atoms with Gasteiger partial charge in [0.05, 0.1) is 11.0 Å². The summed E-state index contributed by atoms with van der Waals surface area (Å²) in [7, 11) is 1.95. The van der Waals surface area contributed by atoms with Crippen molar-refractivity contribution in [2.24, 2.45) is 0 Å². The van der Waals surface area contributed by atoms with E-state index in [9.17, 15) is 4.79 Å². The molecule has 1 fully saturated rings. The Morgan fingerprint density at radius 1 is 1.12 bits per heavy atom. The average molecular weight is 347 g/mol. The summed E-state index contributed by atoms with van der Waals surface area (Å²) in [6.07, 6.45) is 6.71. The molecule has 1 aliphatic carbocycles. The number of imidazole rings is 1. The number of carbonyl (C=O) groups is 1. The van der Waals surface area contributed by atoms with Crippen molar-refractivity contribution in [2.75, 3.05) is 7.05 Å². The first-order valence-electron chi connectivity index (χ1n) is 9.50. The van der Waals surface area contributed by atoms with Gasteiger partial charge in [-0.15, -0.1) is 0 Å². The highest BCUT2D eigenvalue weighted by molar-refractivity contribution is 5.94. The van der Waals surface area contributed by atoms with Gasteiger partial charge in [-0.1, -0.05) is 43.5 Å². The predicted molar refractivity (Wildman–Crippen MR) is 104 cm³/mol. The van der Waals surface area contributed by atoms with Gasteiger partial charge in [0.25, 0.3) is 5.91 Å². The van der Waals surface area contributed by atoms with E-state index in [4.69, 9.17) is 0 Å². The maximum absolute atomic E-state index is 12.9. The Labute approximate surface area is 154 Å². The van der Waals surface area contributed by atoms with Gasteiger partial charge in [-0.2, -0.15) is 0 Å². The van der Waals surface area contributed by atoms with Crippen molar-refractivity contribution in [3.05, 3.63) is 65.5 Å². The number of rotatable bonds is 4. The average Bonchev–Trinajstić information content (AvgIpc) is 3.10. The van der Waals surface area contributed by atoms with E-state index in [1.165, 1.54) is 19.3 Å². The number of nitrogens with zero attached hydrogens (tertiary/aromatic N) is 2. The molecule has 1 amide bonds. The van der Waals surface area contributed by atoms with Crippen molar-refractivity contribution in [3.8, 4) is 0 Å². The zero-order chi connectivity index (χ0) is 17.9. The molecule has 0 radical (unpaired) electrons. The summed E-state index contributed by atoms with van der Waals surface area (Å²) in [5, 5.41) is 0. The normalized spacial score (nSPS) is 15.3. The van der Waals surface area contributed by atoms with E-state index in [-0.39, 0.29) is 5.91 Å². The van der Waals surface area contributed by atoms with Gasteiger partial charge in [0.1, 0.15) is 5.82 Å². The molecule has 1 aliphatic rings. The monoisotopic (exact) mass is 347 g/mol. The maximum Gasteiger partial charge on any atom is 0.253 e. The molecule has 0 saturated heterocycles. The fourth-order valence-corrected chi connectivity index (χ4v) is 3.93. The number of amides is 1. The van der Waals surface area contributed by atoms with Crippen molar-refractivity contribution in [2.45, 2.75) is 44.6 Å². The quantitative estimate of drug-likeness (QED) is 0.752. The lowest BCUT2D eigenvalue weighted by Crippen LogP contribution is -2.38. The molecule has 1 N–H and O–H groups in total. The molecular weight excluding hydrogens is 322 g/mol. The number of benzene rings is 2. The molecule has 0 bridgehead atoms. The third-order valence-electron chi connectivity index (χ3n) is 5.43. The second-order valence-corrected chi connectivity index (χ2v) is 7.29. The lowest BCUT2D eigenvalue weighted by molar-refractivity contribution is 0.0696. The van der Waals surface area contributed by atoms with Crippen LogP contribution in [0.4, 0.5) is 0 Å². The molecular formula is C22H25N3O. The van der Waals surface area contributed by atoms with Crippen molar-refractivity contribution in [3.63, 3.8) is 0 Å². The van der Waals surface area contributed by atoms with Crippen LogP contribution in [0.15, 0.2) is 48.5 Å². The van der Waals surface area contributed by atoms with E-state index in [2.05, 4.69) is 16.0 Å². The second kappa shape index (κ2) is 7.32. The van der Waals surface area contributed by atoms with Gasteiger partial charge in [0.15, 0.2) is 0 Å². The van der Waals surface area contributed by atoms with E-state index < -0.39 is 0 Å². The van der Waals surface area contributed by atoms with Gasteiger partial charge >= 0.3 is 0 Å². The van der Waals surface area contributed by atoms with Crippen LogP contribution >= 0.6 is 0 Å². The Morgan fingerprint density at radius 3 is 2.73 bits per heavy atom. The van der Waals surface area contributed by atoms with Crippen LogP contribution in [0, 0.1) is 0 Å². The van der Waals surface area contributed by atoms with Gasteiger partial charge in [-0.25, -0.2) is 4.98 Å². The summed E-state index contributed by atoms with van der Waals surface area (Å²) < 4.78 is 0. The predicted octanol–water partition coefficient (Wildman–Crippen LogP) is 4.56. The zero-order valence-corrected chi connectivity index (χ0v) is 15.2. The maximum atomic E-state index is 12.9. The van der Waals surface area contributed by atoms with Gasteiger partial charge in [-0.05, 0) is 42.7 Å². The lowest BCUT2D eigenvalue weighted by Gasteiger charge is -2.31. The highest BCUT2D eigenvalue weighted by Crippen LogP contribution is 2.23. The second-order valence-electron chi connectivity index (χ2n) is 7.29. The fraction of sp³-hybridized carbons (Fsp3) is 0.364. The van der Waals surface area contributed by atoms with Crippen molar-refractivity contribution in [1.82, 2.24) is 14.9 Å². The molecule has 4 heteroatoms. The van der Waals surface area contributed by atoms with Crippen molar-refractivity contribution >= 4 is 16.9 Å². The Hall–Kier alpha value is -2.62. The highest BCUT2D eigenvalue weighted by atomic mass is 16.2. The van der Waals surface area contributed by atoms with Crippen molar-refractivity contribution in [1.29, 1.82) is 0 Å². The Morgan fingerprint density at radius 2 is 1.92 bits per heavy atom. The van der Waals surface area contributed by atoms with E-state index in [0.29, 0.717) is 12.5 Å². The summed E-state index contributed by atoms with van der Waals surface area (Å²) in [6, 6.07) is 16.4. The summed E-state index contributed by atoms with van der Waals surface area (Å²) in [5.74, 6) is 1.06. The van der Waals surface area contributed by atoms with E-state index >= 15 is 0 Å². The van der Waals surface area contributed by atoms with E-state index in [1.54, 1.807) is 0 Å². The van der Waals surface area contributed by atoms with E-state index in [1.807, 2.05) is 54.4 Å². The third-order valence-corrected chi connectivity index (χ3v) is 5.43. The van der Waals surface area contributed by atoms with Gasteiger partial charge < -0.3 is 9.88 Å². The standard InChI is InChI=1S/C22H25N3O/c1-25(18-10-3-2-4-11-18)22(26)17-9-7-8-16(14-17)15-21-23-19-12-5-6-13-20(19)24-21/h5-9,12-14,18H,2-4,10-11,15H2,1H3,(H,23,24). The molecule has 3 aromatic rings. The SMILES string of the molecule is CN(C(=O)c1cccc(Cc2nc3ccccc3[nH]2)c1)C1CCCCC1. The van der Waals surface area contributed by atoms with Crippen LogP contribution in [0.1, 0.15) is 53.8 Å². The van der Waals surface area contributed by atoms with Crippen LogP contribution in [0.3, 0.4) is 0 Å². The molecule has 1 aromatic heterocycles. The number of hydrogen-bond donors (Lipinski definition) is 1. The highest BCUT2D eigenvalue weighted by Gasteiger charge is 2.23.